The number of carbonyl (C=O) groups is 1. The SMILES string of the molecule is O=C(Nc1nccs1)c1c(-n2cnnn2)sc2c1CCC2. The van der Waals surface area contributed by atoms with Crippen molar-refractivity contribution in [1.29, 1.82) is 0 Å². The van der Waals surface area contributed by atoms with Crippen LogP contribution in [0.4, 0.5) is 5.13 Å². The van der Waals surface area contributed by atoms with Gasteiger partial charge in [0.15, 0.2) is 5.13 Å². The molecule has 3 aromatic rings. The number of hydrogen-bond donors (Lipinski definition) is 1. The molecular weight excluding hydrogens is 308 g/mol. The smallest absolute Gasteiger partial charge is 0.260 e. The van der Waals surface area contributed by atoms with E-state index in [4.69, 9.17) is 0 Å². The van der Waals surface area contributed by atoms with Crippen LogP contribution in [-0.4, -0.2) is 31.1 Å². The Morgan fingerprint density at radius 3 is 3.10 bits per heavy atom. The molecule has 21 heavy (non-hydrogen) atoms. The number of anilines is 1. The zero-order chi connectivity index (χ0) is 14.2. The van der Waals surface area contributed by atoms with Gasteiger partial charge in [-0.2, -0.15) is 4.68 Å². The minimum absolute atomic E-state index is 0.144. The molecule has 9 heteroatoms. The molecule has 0 radical (unpaired) electrons. The molecule has 7 nitrogen and oxygen atoms in total. The first-order valence-corrected chi connectivity index (χ1v) is 8.11. The van der Waals surface area contributed by atoms with Crippen LogP contribution in [0.2, 0.25) is 0 Å². The number of thiophene rings is 1. The van der Waals surface area contributed by atoms with Gasteiger partial charge in [-0.05, 0) is 35.3 Å². The molecule has 106 valence electrons. The Labute approximate surface area is 127 Å². The minimum Gasteiger partial charge on any atom is -0.298 e. The first-order chi connectivity index (χ1) is 10.3. The van der Waals surface area contributed by atoms with Gasteiger partial charge >= 0.3 is 0 Å². The van der Waals surface area contributed by atoms with Gasteiger partial charge in [0.25, 0.3) is 5.91 Å². The van der Waals surface area contributed by atoms with Crippen molar-refractivity contribution in [2.75, 3.05) is 5.32 Å². The quantitative estimate of drug-likeness (QED) is 0.797. The van der Waals surface area contributed by atoms with Crippen molar-refractivity contribution >= 4 is 33.7 Å². The van der Waals surface area contributed by atoms with Crippen LogP contribution in [0.3, 0.4) is 0 Å². The van der Waals surface area contributed by atoms with Gasteiger partial charge in [-0.3, -0.25) is 10.1 Å². The van der Waals surface area contributed by atoms with Crippen molar-refractivity contribution in [2.45, 2.75) is 19.3 Å². The first-order valence-electron chi connectivity index (χ1n) is 6.41. The summed E-state index contributed by atoms with van der Waals surface area (Å²) in [6, 6.07) is 0. The Morgan fingerprint density at radius 1 is 1.38 bits per heavy atom. The lowest BCUT2D eigenvalue weighted by molar-refractivity contribution is 0.102. The van der Waals surface area contributed by atoms with Crippen molar-refractivity contribution in [3.8, 4) is 5.00 Å². The summed E-state index contributed by atoms with van der Waals surface area (Å²) < 4.78 is 1.56. The monoisotopic (exact) mass is 318 g/mol. The Kier molecular flexibility index (Phi) is 3.00. The average molecular weight is 318 g/mol. The Hall–Kier alpha value is -2.13. The third-order valence-electron chi connectivity index (χ3n) is 3.34. The molecule has 0 atom stereocenters. The van der Waals surface area contributed by atoms with Gasteiger partial charge in [-0.1, -0.05) is 0 Å². The zero-order valence-electron chi connectivity index (χ0n) is 10.8. The Balaban J connectivity index is 1.78. The van der Waals surface area contributed by atoms with Crippen molar-refractivity contribution in [3.63, 3.8) is 0 Å². The lowest BCUT2D eigenvalue weighted by atomic mass is 10.1. The molecule has 0 aliphatic heterocycles. The maximum atomic E-state index is 12.6. The number of nitrogens with one attached hydrogen (secondary N) is 1. The van der Waals surface area contributed by atoms with E-state index in [1.54, 1.807) is 22.2 Å². The van der Waals surface area contributed by atoms with Crippen molar-refractivity contribution < 1.29 is 4.79 Å². The van der Waals surface area contributed by atoms with Gasteiger partial charge < -0.3 is 0 Å². The Morgan fingerprint density at radius 2 is 2.33 bits per heavy atom. The summed E-state index contributed by atoms with van der Waals surface area (Å²) in [5.41, 5.74) is 1.80. The second kappa shape index (κ2) is 5.01. The molecule has 1 amide bonds. The number of hydrogen-bond acceptors (Lipinski definition) is 7. The topological polar surface area (TPSA) is 85.6 Å². The third-order valence-corrected chi connectivity index (χ3v) is 5.31. The number of thiazole rings is 1. The summed E-state index contributed by atoms with van der Waals surface area (Å²) in [5, 5.41) is 17.3. The van der Waals surface area contributed by atoms with Gasteiger partial charge in [0.2, 0.25) is 0 Å². The van der Waals surface area contributed by atoms with Crippen LogP contribution in [0.25, 0.3) is 5.00 Å². The Bertz CT molecular complexity index is 777. The summed E-state index contributed by atoms with van der Waals surface area (Å²) in [4.78, 5) is 18.0. The average Bonchev–Trinajstić information content (AvgIpc) is 3.22. The lowest BCUT2D eigenvalue weighted by Gasteiger charge is -2.05. The molecule has 1 aliphatic carbocycles. The van der Waals surface area contributed by atoms with E-state index in [0.717, 1.165) is 29.8 Å². The minimum atomic E-state index is -0.144. The highest BCUT2D eigenvalue weighted by Crippen LogP contribution is 2.37. The van der Waals surface area contributed by atoms with Gasteiger partial charge in [0, 0.05) is 16.5 Å². The summed E-state index contributed by atoms with van der Waals surface area (Å²) in [7, 11) is 0. The normalized spacial score (nSPS) is 13.3. The number of fused-ring (bicyclic) bond motifs is 1. The third kappa shape index (κ3) is 2.14. The predicted octanol–water partition coefficient (Wildman–Crippen LogP) is 1.92. The fourth-order valence-corrected chi connectivity index (χ4v) is 4.31. The van der Waals surface area contributed by atoms with Crippen LogP contribution < -0.4 is 5.32 Å². The summed E-state index contributed by atoms with van der Waals surface area (Å²) in [5.74, 6) is -0.144. The number of nitrogens with zero attached hydrogens (tertiary/aromatic N) is 5. The number of rotatable bonds is 3. The van der Waals surface area contributed by atoms with E-state index >= 15 is 0 Å². The van der Waals surface area contributed by atoms with Gasteiger partial charge in [0.1, 0.15) is 11.3 Å². The van der Waals surface area contributed by atoms with Gasteiger partial charge in [-0.25, -0.2) is 4.98 Å². The molecule has 3 aromatic heterocycles. The van der Waals surface area contributed by atoms with Crippen LogP contribution in [-0.2, 0) is 12.8 Å². The fraction of sp³-hybridized carbons (Fsp3) is 0.250. The molecule has 1 aliphatic rings. The van der Waals surface area contributed by atoms with Crippen LogP contribution in [0.15, 0.2) is 17.9 Å². The number of amides is 1. The summed E-state index contributed by atoms with van der Waals surface area (Å²) in [6.45, 7) is 0. The van der Waals surface area contributed by atoms with E-state index < -0.39 is 0 Å². The highest BCUT2D eigenvalue weighted by Gasteiger charge is 2.28. The van der Waals surface area contributed by atoms with Crippen molar-refractivity contribution in [2.24, 2.45) is 0 Å². The zero-order valence-corrected chi connectivity index (χ0v) is 12.4. The van der Waals surface area contributed by atoms with Gasteiger partial charge in [-0.15, -0.1) is 27.8 Å². The predicted molar refractivity (Wildman–Crippen MR) is 79.1 cm³/mol. The molecule has 0 saturated carbocycles. The molecule has 0 aromatic carbocycles. The van der Waals surface area contributed by atoms with E-state index in [1.807, 2.05) is 5.38 Å². The number of carbonyl (C=O) groups excluding carboxylic acids is 1. The van der Waals surface area contributed by atoms with E-state index in [1.165, 1.54) is 22.5 Å². The second-order valence-electron chi connectivity index (χ2n) is 4.58. The molecule has 0 fully saturated rings. The molecule has 3 heterocycles. The molecule has 0 unspecified atom stereocenters. The fourth-order valence-electron chi connectivity index (χ4n) is 2.48. The standard InChI is InChI=1S/C12H10N6OS2/c19-10(15-12-13-4-5-20-12)9-7-2-1-3-8(7)21-11(9)18-6-14-16-17-18/h4-6H,1-3H2,(H,13,15,19). The molecular formula is C12H10N6OS2. The maximum Gasteiger partial charge on any atom is 0.260 e. The molecule has 0 saturated heterocycles. The van der Waals surface area contributed by atoms with E-state index in [-0.39, 0.29) is 5.91 Å². The van der Waals surface area contributed by atoms with E-state index in [2.05, 4.69) is 25.8 Å². The summed E-state index contributed by atoms with van der Waals surface area (Å²) in [6.07, 6.45) is 6.21. The largest absolute Gasteiger partial charge is 0.298 e. The first kappa shape index (κ1) is 12.6. The number of aromatic nitrogens is 5. The molecule has 0 bridgehead atoms. The van der Waals surface area contributed by atoms with Crippen LogP contribution in [0.5, 0.6) is 0 Å². The van der Waals surface area contributed by atoms with E-state index in [9.17, 15) is 4.79 Å². The maximum absolute atomic E-state index is 12.6. The van der Waals surface area contributed by atoms with Crippen molar-refractivity contribution in [3.05, 3.63) is 33.9 Å². The van der Waals surface area contributed by atoms with Crippen LogP contribution in [0, 0.1) is 0 Å². The van der Waals surface area contributed by atoms with Gasteiger partial charge in [0.05, 0.1) is 5.56 Å². The molecule has 0 spiro atoms. The molecule has 4 rings (SSSR count). The van der Waals surface area contributed by atoms with E-state index in [0.29, 0.717) is 10.7 Å². The number of aryl methyl sites for hydroxylation is 1. The second-order valence-corrected chi connectivity index (χ2v) is 6.56. The van der Waals surface area contributed by atoms with Crippen LogP contribution in [0.1, 0.15) is 27.2 Å². The highest BCUT2D eigenvalue weighted by atomic mass is 32.1. The lowest BCUT2D eigenvalue weighted by Crippen LogP contribution is -2.15. The van der Waals surface area contributed by atoms with Crippen molar-refractivity contribution in [1.82, 2.24) is 25.2 Å². The highest BCUT2D eigenvalue weighted by molar-refractivity contribution is 7.15. The van der Waals surface area contributed by atoms with Crippen LogP contribution >= 0.6 is 22.7 Å². The number of tetrazole rings is 1. The molecule has 1 N–H and O–H groups in total. The summed E-state index contributed by atoms with van der Waals surface area (Å²) >= 11 is 2.99.